The van der Waals surface area contributed by atoms with E-state index in [-0.39, 0.29) is 57.9 Å². The van der Waals surface area contributed by atoms with E-state index in [0.29, 0.717) is 26.4 Å². The number of hydrogen-bond acceptors (Lipinski definition) is 11. The number of nitrogens with one attached hydrogen (secondary N) is 1. The Bertz CT molecular complexity index is 1390. The molecule has 266 valence electrons. The highest BCUT2D eigenvalue weighted by atomic mass is 32.2. The minimum atomic E-state index is -4.54. The Labute approximate surface area is 282 Å². The van der Waals surface area contributed by atoms with Gasteiger partial charge in [-0.1, -0.05) is 48.5 Å². The molecular formula is C34H47NO12S. The summed E-state index contributed by atoms with van der Waals surface area (Å²) in [5.74, 6) is -4.22. The maximum Gasteiger partial charge on any atom is 0.308 e. The molecule has 1 aliphatic rings. The van der Waals surface area contributed by atoms with Gasteiger partial charge in [0.05, 0.1) is 77.4 Å². The number of hydrogen-bond donors (Lipinski definition) is 2. The number of ether oxygens (including phenoxy) is 6. The third-order valence-corrected chi connectivity index (χ3v) is 7.93. The SMILES string of the molecule is CC(C)(C)OC(=O)CCOCCOCCOCCOCCNC(=O)[C@@H](CC(=O)OCC1c2ccccc2-c2ccccc21)CS(=O)(=O)O. The molecule has 48 heavy (non-hydrogen) atoms. The molecule has 0 bridgehead atoms. The predicted octanol–water partition coefficient (Wildman–Crippen LogP) is 3.15. The molecule has 0 radical (unpaired) electrons. The van der Waals surface area contributed by atoms with Gasteiger partial charge in [0.2, 0.25) is 5.91 Å². The zero-order valence-corrected chi connectivity index (χ0v) is 28.6. The predicted molar refractivity (Wildman–Crippen MR) is 176 cm³/mol. The van der Waals surface area contributed by atoms with Crippen molar-refractivity contribution in [2.24, 2.45) is 5.92 Å². The summed E-state index contributed by atoms with van der Waals surface area (Å²) in [5, 5.41) is 2.54. The van der Waals surface area contributed by atoms with Crippen LogP contribution in [0.3, 0.4) is 0 Å². The highest BCUT2D eigenvalue weighted by Crippen LogP contribution is 2.44. The summed E-state index contributed by atoms with van der Waals surface area (Å²) in [5.41, 5.74) is 3.65. The van der Waals surface area contributed by atoms with Crippen LogP contribution in [-0.2, 0) is 52.9 Å². The van der Waals surface area contributed by atoms with Crippen LogP contribution in [-0.4, -0.2) is 108 Å². The lowest BCUT2D eigenvalue weighted by atomic mass is 9.98. The van der Waals surface area contributed by atoms with Crippen molar-refractivity contribution in [1.82, 2.24) is 5.32 Å². The second-order valence-electron chi connectivity index (χ2n) is 12.1. The largest absolute Gasteiger partial charge is 0.465 e. The number of amides is 1. The Morgan fingerprint density at radius 3 is 1.79 bits per heavy atom. The van der Waals surface area contributed by atoms with E-state index in [4.69, 9.17) is 28.4 Å². The average molecular weight is 694 g/mol. The number of carbonyl (C=O) groups is 3. The molecule has 3 rings (SSSR count). The number of fused-ring (bicyclic) bond motifs is 3. The van der Waals surface area contributed by atoms with E-state index < -0.39 is 45.7 Å². The maximum atomic E-state index is 12.7. The molecule has 0 spiro atoms. The first kappa shape index (κ1) is 39.0. The zero-order chi connectivity index (χ0) is 35.0. The number of carbonyl (C=O) groups excluding carboxylic acids is 3. The molecule has 0 saturated carbocycles. The highest BCUT2D eigenvalue weighted by molar-refractivity contribution is 7.85. The quantitative estimate of drug-likeness (QED) is 0.105. The van der Waals surface area contributed by atoms with Crippen molar-refractivity contribution in [3.63, 3.8) is 0 Å². The van der Waals surface area contributed by atoms with Crippen LogP contribution >= 0.6 is 0 Å². The van der Waals surface area contributed by atoms with Crippen LogP contribution in [0.4, 0.5) is 0 Å². The summed E-state index contributed by atoms with van der Waals surface area (Å²) in [4.78, 5) is 37.1. The summed E-state index contributed by atoms with van der Waals surface area (Å²) in [6, 6.07) is 15.7. The molecule has 2 aromatic rings. The molecule has 1 aliphatic carbocycles. The maximum absolute atomic E-state index is 12.7. The van der Waals surface area contributed by atoms with Crippen molar-refractivity contribution in [2.45, 2.75) is 45.1 Å². The van der Waals surface area contributed by atoms with Gasteiger partial charge in [0.15, 0.2) is 0 Å². The Balaban J connectivity index is 1.26. The van der Waals surface area contributed by atoms with Gasteiger partial charge in [-0.25, -0.2) is 0 Å². The molecule has 0 unspecified atom stereocenters. The lowest BCUT2D eigenvalue weighted by molar-refractivity contribution is -0.156. The van der Waals surface area contributed by atoms with Crippen molar-refractivity contribution in [3.8, 4) is 11.1 Å². The van der Waals surface area contributed by atoms with Gasteiger partial charge in [-0.05, 0) is 43.0 Å². The molecule has 14 heteroatoms. The van der Waals surface area contributed by atoms with Gasteiger partial charge in [-0.3, -0.25) is 18.9 Å². The van der Waals surface area contributed by atoms with Crippen molar-refractivity contribution < 1.29 is 55.8 Å². The van der Waals surface area contributed by atoms with E-state index in [1.165, 1.54) is 0 Å². The van der Waals surface area contributed by atoms with Gasteiger partial charge in [-0.15, -0.1) is 0 Å². The standard InChI is InChI=1S/C34H47NO12S/c1-34(2,3)47-31(36)12-14-42-16-18-44-20-21-45-19-17-43-15-13-35-33(38)25(24-48(39,40)41)22-32(37)46-23-30-28-10-6-4-8-26(28)27-9-5-7-11-29(27)30/h4-11,25,30H,12-24H2,1-3H3,(H,35,38)(H,39,40,41)/t25-/m0/s1. The summed E-state index contributed by atoms with van der Waals surface area (Å²) in [6.45, 7) is 7.81. The summed E-state index contributed by atoms with van der Waals surface area (Å²) < 4.78 is 64.9. The smallest absolute Gasteiger partial charge is 0.308 e. The second-order valence-corrected chi connectivity index (χ2v) is 13.6. The normalized spacial score (nSPS) is 13.4. The molecule has 0 saturated heterocycles. The minimum Gasteiger partial charge on any atom is -0.465 e. The molecule has 0 heterocycles. The van der Waals surface area contributed by atoms with E-state index in [2.05, 4.69) is 5.32 Å². The van der Waals surface area contributed by atoms with Gasteiger partial charge < -0.3 is 33.7 Å². The second kappa shape index (κ2) is 19.6. The Hall–Kier alpha value is -3.40. The van der Waals surface area contributed by atoms with E-state index in [9.17, 15) is 27.4 Å². The summed E-state index contributed by atoms with van der Waals surface area (Å²) >= 11 is 0. The Morgan fingerprint density at radius 1 is 0.771 bits per heavy atom. The third kappa shape index (κ3) is 14.4. The molecule has 13 nitrogen and oxygen atoms in total. The molecule has 2 N–H and O–H groups in total. The lowest BCUT2D eigenvalue weighted by Gasteiger charge is -2.19. The van der Waals surface area contributed by atoms with Crippen LogP contribution < -0.4 is 5.32 Å². The molecule has 1 amide bonds. The van der Waals surface area contributed by atoms with Gasteiger partial charge >= 0.3 is 11.9 Å². The fourth-order valence-electron chi connectivity index (χ4n) is 5.06. The van der Waals surface area contributed by atoms with Crippen molar-refractivity contribution in [3.05, 3.63) is 59.7 Å². The highest BCUT2D eigenvalue weighted by Gasteiger charge is 2.31. The van der Waals surface area contributed by atoms with Crippen LogP contribution in [0.15, 0.2) is 48.5 Å². The van der Waals surface area contributed by atoms with E-state index in [0.717, 1.165) is 22.3 Å². The Kier molecular flexibility index (Phi) is 15.9. The number of benzene rings is 2. The van der Waals surface area contributed by atoms with Crippen LogP contribution in [0.2, 0.25) is 0 Å². The van der Waals surface area contributed by atoms with Gasteiger partial charge in [0, 0.05) is 12.5 Å². The van der Waals surface area contributed by atoms with Crippen LogP contribution in [0.5, 0.6) is 0 Å². The van der Waals surface area contributed by atoms with Gasteiger partial charge in [-0.2, -0.15) is 8.42 Å². The van der Waals surface area contributed by atoms with Crippen LogP contribution in [0.25, 0.3) is 11.1 Å². The molecular weight excluding hydrogens is 646 g/mol. The Morgan fingerprint density at radius 2 is 1.27 bits per heavy atom. The van der Waals surface area contributed by atoms with Crippen LogP contribution in [0, 0.1) is 5.92 Å². The monoisotopic (exact) mass is 693 g/mol. The first-order chi connectivity index (χ1) is 22.8. The summed E-state index contributed by atoms with van der Waals surface area (Å²) in [7, 11) is -4.54. The van der Waals surface area contributed by atoms with Crippen LogP contribution in [0.1, 0.15) is 50.7 Å². The van der Waals surface area contributed by atoms with E-state index in [1.54, 1.807) is 0 Å². The molecule has 1 atom stereocenters. The van der Waals surface area contributed by atoms with E-state index in [1.807, 2.05) is 69.3 Å². The first-order valence-electron chi connectivity index (χ1n) is 15.9. The summed E-state index contributed by atoms with van der Waals surface area (Å²) in [6.07, 6.45) is -0.340. The van der Waals surface area contributed by atoms with Crippen molar-refractivity contribution in [2.75, 3.05) is 71.8 Å². The molecule has 0 aromatic heterocycles. The minimum absolute atomic E-state index is 0.0287. The number of esters is 2. The third-order valence-electron chi connectivity index (χ3n) is 7.10. The molecule has 2 aromatic carbocycles. The van der Waals surface area contributed by atoms with E-state index >= 15 is 0 Å². The average Bonchev–Trinajstić information content (AvgIpc) is 3.33. The fourth-order valence-corrected chi connectivity index (χ4v) is 5.84. The number of rotatable bonds is 22. The lowest BCUT2D eigenvalue weighted by Crippen LogP contribution is -2.38. The fraction of sp³-hybridized carbons (Fsp3) is 0.559. The van der Waals surface area contributed by atoms with Crippen molar-refractivity contribution >= 4 is 28.0 Å². The molecule has 0 fully saturated rings. The van der Waals surface area contributed by atoms with Crippen molar-refractivity contribution in [1.29, 1.82) is 0 Å². The first-order valence-corrected chi connectivity index (χ1v) is 17.5. The molecule has 0 aliphatic heterocycles. The van der Waals surface area contributed by atoms with Gasteiger partial charge in [0.25, 0.3) is 10.1 Å². The topological polar surface area (TPSA) is 173 Å². The van der Waals surface area contributed by atoms with Gasteiger partial charge in [0.1, 0.15) is 12.2 Å². The zero-order valence-electron chi connectivity index (χ0n) is 27.8.